The number of anilines is 12. The van der Waals surface area contributed by atoms with Crippen molar-refractivity contribution in [2.75, 3.05) is 48.0 Å². The summed E-state index contributed by atoms with van der Waals surface area (Å²) in [6.45, 7) is 18.9. The van der Waals surface area contributed by atoms with Crippen molar-refractivity contribution in [3.63, 3.8) is 0 Å². The molecule has 0 spiro atoms. The Labute approximate surface area is 807 Å². The summed E-state index contributed by atoms with van der Waals surface area (Å²) in [7, 11) is 6.99. The van der Waals surface area contributed by atoms with Crippen LogP contribution in [0.2, 0.25) is 0 Å². The SMILES string of the molecule is COc1ccc(N(c2ccc3c(c2)-c2ccccc2C3(C)C)c2ccc3c(c2)c2cc(N(c4ccc(OC)cc4)c4ccc5c(c4)-c4ccccc4C5(C)C)ccc2n3C2C(c3ccccc3)C(c3ccccc3)C2n2c3ccc(N(c4ccc(OC)cc4)c4ccc5c(c4)-c4ccccc4C5(C)C)cc3c3cc(N(c4ccc(OC)cc4)c4ccc5c(c4)-c4ccccc4C5(C)C)ccc32)cc1. The molecule has 0 bridgehead atoms. The molecule has 4 unspecified atom stereocenters. The molecule has 672 valence electrons. The first-order valence-corrected chi connectivity index (χ1v) is 48.3. The Kier molecular flexibility index (Phi) is 19.3. The lowest BCUT2D eigenvalue weighted by Crippen LogP contribution is -2.45. The van der Waals surface area contributed by atoms with Gasteiger partial charge >= 0.3 is 0 Å². The summed E-state index contributed by atoms with van der Waals surface area (Å²) in [6.07, 6.45) is 0. The van der Waals surface area contributed by atoms with Crippen LogP contribution in [-0.2, 0) is 21.7 Å². The Morgan fingerprint density at radius 2 is 0.377 bits per heavy atom. The van der Waals surface area contributed by atoms with Crippen LogP contribution in [-0.4, -0.2) is 37.6 Å². The molecule has 5 aliphatic rings. The predicted molar refractivity (Wildman–Crippen MR) is 571 cm³/mol. The van der Waals surface area contributed by atoms with Crippen molar-refractivity contribution in [2.45, 2.75) is 101 Å². The van der Waals surface area contributed by atoms with Gasteiger partial charge in [-0.25, -0.2) is 0 Å². The number of ether oxygens (including phenoxy) is 4. The quantitative estimate of drug-likeness (QED) is 0.0748. The lowest BCUT2D eigenvalue weighted by Gasteiger charge is -2.54. The van der Waals surface area contributed by atoms with Crippen LogP contribution >= 0.6 is 0 Å². The van der Waals surface area contributed by atoms with Crippen molar-refractivity contribution < 1.29 is 18.9 Å². The van der Waals surface area contributed by atoms with E-state index in [0.29, 0.717) is 0 Å². The third-order valence-electron chi connectivity index (χ3n) is 31.6. The van der Waals surface area contributed by atoms with Crippen LogP contribution in [0.3, 0.4) is 0 Å². The summed E-state index contributed by atoms with van der Waals surface area (Å²) in [5, 5.41) is 4.48. The van der Waals surface area contributed by atoms with Gasteiger partial charge in [0.2, 0.25) is 0 Å². The number of aromatic nitrogens is 2. The first-order valence-electron chi connectivity index (χ1n) is 48.3. The van der Waals surface area contributed by atoms with E-state index in [1.807, 2.05) is 0 Å². The highest BCUT2D eigenvalue weighted by molar-refractivity contribution is 6.14. The highest BCUT2D eigenvalue weighted by Gasteiger charge is 2.56. The van der Waals surface area contributed by atoms with Gasteiger partial charge in [0.25, 0.3) is 0 Å². The highest BCUT2D eigenvalue weighted by atomic mass is 16.5. The number of nitrogens with zero attached hydrogens (tertiary/aromatic N) is 6. The van der Waals surface area contributed by atoms with Crippen molar-refractivity contribution in [3.8, 4) is 67.5 Å². The number of hydrogen-bond donors (Lipinski definition) is 0. The number of rotatable bonds is 20. The molecule has 25 rings (SSSR count). The van der Waals surface area contributed by atoms with Gasteiger partial charge in [-0.2, -0.15) is 0 Å². The normalized spacial score (nSPS) is 16.5. The summed E-state index contributed by atoms with van der Waals surface area (Å²) >= 11 is 0. The zero-order valence-electron chi connectivity index (χ0n) is 79.7. The Morgan fingerprint density at radius 1 is 0.188 bits per heavy atom. The minimum atomic E-state index is -0.244. The van der Waals surface area contributed by atoms with E-state index in [0.717, 1.165) is 135 Å². The van der Waals surface area contributed by atoms with Crippen LogP contribution in [0.5, 0.6) is 23.0 Å². The van der Waals surface area contributed by atoms with Gasteiger partial charge in [0.1, 0.15) is 23.0 Å². The summed E-state index contributed by atoms with van der Waals surface area (Å²) in [4.78, 5) is 9.83. The van der Waals surface area contributed by atoms with Gasteiger partial charge in [-0.15, -0.1) is 0 Å². The molecule has 4 atom stereocenters. The average molecular weight is 1790 g/mol. The van der Waals surface area contributed by atoms with E-state index < -0.39 is 0 Å². The van der Waals surface area contributed by atoms with Crippen LogP contribution in [0.15, 0.2) is 400 Å². The molecule has 2 aromatic heterocycles. The second-order valence-electron chi connectivity index (χ2n) is 40.1. The minimum absolute atomic E-state index is 0.0764. The molecule has 10 heteroatoms. The second kappa shape index (κ2) is 31.8. The highest BCUT2D eigenvalue weighted by Crippen LogP contribution is 2.67. The smallest absolute Gasteiger partial charge is 0.119 e. The Hall–Kier alpha value is -16.0. The van der Waals surface area contributed by atoms with E-state index in [9.17, 15) is 0 Å². The van der Waals surface area contributed by atoms with E-state index in [1.54, 1.807) is 28.4 Å². The molecule has 20 aromatic rings. The van der Waals surface area contributed by atoms with E-state index >= 15 is 0 Å². The van der Waals surface area contributed by atoms with E-state index in [4.69, 9.17) is 18.9 Å². The molecular formula is C128H106N6O4. The fraction of sp³-hybridized carbons (Fsp3) is 0.156. The van der Waals surface area contributed by atoms with Gasteiger partial charge in [-0.05, 0) is 319 Å². The predicted octanol–water partition coefficient (Wildman–Crippen LogP) is 33.4. The standard InChI is InChI=1S/C128H106N6O4/c1-125(2)109-35-23-19-31-97(109)101-71-85(47-63-113(101)125)129(81-39-55-93(135-9)56-40-81)89-51-67-117-105(75-89)106-76-90(130(82-41-57-94(136-10)58-42-82)86-48-64-114-102(72-86)98-32-20-24-36-110(98)126(114,3)4)52-68-118(106)133(117)123-121(79-27-15-13-16-28-79)122(80-29-17-14-18-30-80)124(123)134-119-69-53-91(131(83-43-59-95(137-11)60-44-83)87-49-65-115-103(73-87)99-33-21-25-37-111(99)127(115,5)6)77-107(119)108-78-92(54-70-120(108)134)132(84-45-61-96(138-12)62-46-84)88-50-66-116-104(74-88)100-34-22-26-38-112(100)128(116,7)8/h13-78,121-124H,1-12H3. The van der Waals surface area contributed by atoms with Gasteiger partial charge in [-0.1, -0.05) is 237 Å². The topological polar surface area (TPSA) is 59.7 Å². The monoisotopic (exact) mass is 1790 g/mol. The molecule has 18 aromatic carbocycles. The lowest BCUT2D eigenvalue weighted by molar-refractivity contribution is 0.119. The second-order valence-corrected chi connectivity index (χ2v) is 40.1. The van der Waals surface area contributed by atoms with Crippen molar-refractivity contribution in [1.29, 1.82) is 0 Å². The largest absolute Gasteiger partial charge is 0.497 e. The molecule has 1 saturated carbocycles. The van der Waals surface area contributed by atoms with Crippen LogP contribution in [0.4, 0.5) is 68.2 Å². The summed E-state index contributed by atoms with van der Waals surface area (Å²) in [6, 6.07) is 151. The summed E-state index contributed by atoms with van der Waals surface area (Å²) in [5.74, 6) is 3.00. The zero-order chi connectivity index (χ0) is 93.5. The van der Waals surface area contributed by atoms with Crippen LogP contribution in [0, 0.1) is 0 Å². The van der Waals surface area contributed by atoms with Crippen molar-refractivity contribution in [2.24, 2.45) is 0 Å². The van der Waals surface area contributed by atoms with Gasteiger partial charge < -0.3 is 47.7 Å². The molecule has 0 amide bonds. The molecule has 2 heterocycles. The molecule has 138 heavy (non-hydrogen) atoms. The summed E-state index contributed by atoms with van der Waals surface area (Å²) in [5.41, 5.74) is 39.2. The molecule has 0 radical (unpaired) electrons. The van der Waals surface area contributed by atoms with E-state index in [2.05, 4.69) is 485 Å². The number of fused-ring (bicyclic) bond motifs is 18. The molecule has 5 aliphatic carbocycles. The van der Waals surface area contributed by atoms with Crippen molar-refractivity contribution >= 4 is 112 Å². The number of benzene rings is 18. The van der Waals surface area contributed by atoms with Gasteiger partial charge in [0.15, 0.2) is 0 Å². The average Bonchev–Trinajstić information content (AvgIpc) is 1.50. The van der Waals surface area contributed by atoms with Gasteiger partial charge in [-0.3, -0.25) is 0 Å². The Balaban J connectivity index is 0.762. The first kappa shape index (κ1) is 83.8. The molecule has 0 aliphatic heterocycles. The van der Waals surface area contributed by atoms with Crippen molar-refractivity contribution in [1.82, 2.24) is 9.13 Å². The molecule has 0 saturated heterocycles. The third kappa shape index (κ3) is 12.8. The fourth-order valence-electron chi connectivity index (χ4n) is 24.9. The maximum Gasteiger partial charge on any atom is 0.119 e. The molecule has 10 nitrogen and oxygen atoms in total. The molecular weight excluding hydrogens is 1690 g/mol. The Morgan fingerprint density at radius 3 is 0.601 bits per heavy atom. The van der Waals surface area contributed by atoms with Crippen LogP contribution < -0.4 is 38.5 Å². The van der Waals surface area contributed by atoms with Gasteiger partial charge in [0, 0.05) is 145 Å². The fourth-order valence-corrected chi connectivity index (χ4v) is 24.9. The van der Waals surface area contributed by atoms with E-state index in [1.165, 1.54) is 100 Å². The van der Waals surface area contributed by atoms with Gasteiger partial charge in [0.05, 0.1) is 40.5 Å². The van der Waals surface area contributed by atoms with Crippen LogP contribution in [0.25, 0.3) is 88.1 Å². The molecule has 0 N–H and O–H groups in total. The maximum absolute atomic E-state index is 5.96. The first-order chi connectivity index (χ1) is 67.3. The zero-order valence-corrected chi connectivity index (χ0v) is 79.7. The van der Waals surface area contributed by atoms with Crippen molar-refractivity contribution in [3.05, 3.63) is 456 Å². The minimum Gasteiger partial charge on any atom is -0.497 e. The van der Waals surface area contributed by atoms with Crippen LogP contribution in [0.1, 0.15) is 135 Å². The molecule has 1 fully saturated rings. The maximum atomic E-state index is 5.96. The third-order valence-corrected chi connectivity index (χ3v) is 31.6. The number of methoxy groups -OCH3 is 4. The Bertz CT molecular complexity index is 7380. The van der Waals surface area contributed by atoms with E-state index in [-0.39, 0.29) is 45.6 Å². The number of hydrogen-bond acceptors (Lipinski definition) is 8. The lowest BCUT2D eigenvalue weighted by atomic mass is 9.59. The summed E-state index contributed by atoms with van der Waals surface area (Å²) < 4.78 is 29.4.